The van der Waals surface area contributed by atoms with E-state index in [1.165, 1.54) is 0 Å². The zero-order valence-electron chi connectivity index (χ0n) is 31.6. The molecule has 0 aromatic heterocycles. The van der Waals surface area contributed by atoms with E-state index in [1.807, 2.05) is 12.2 Å². The van der Waals surface area contributed by atoms with Crippen LogP contribution >= 0.6 is 31.9 Å². The average Bonchev–Trinajstić information content (AvgIpc) is 3.56. The highest BCUT2D eigenvalue weighted by Gasteiger charge is 2.59. The van der Waals surface area contributed by atoms with Crippen LogP contribution in [0.1, 0.15) is 116 Å². The van der Waals surface area contributed by atoms with Gasteiger partial charge in [-0.2, -0.15) is 0 Å². The molecular formula is C44H50Br2O4. The predicted molar refractivity (Wildman–Crippen MR) is 211 cm³/mol. The number of benzene rings is 2. The van der Waals surface area contributed by atoms with Crippen molar-refractivity contribution >= 4 is 55.6 Å². The van der Waals surface area contributed by atoms with Crippen LogP contribution in [0.5, 0.6) is 11.5 Å². The maximum atomic E-state index is 15.1. The van der Waals surface area contributed by atoms with Crippen molar-refractivity contribution in [1.29, 1.82) is 0 Å². The second kappa shape index (κ2) is 10.9. The van der Waals surface area contributed by atoms with Crippen molar-refractivity contribution < 1.29 is 19.1 Å². The summed E-state index contributed by atoms with van der Waals surface area (Å²) in [5.74, 6) is 1.24. The van der Waals surface area contributed by atoms with Crippen LogP contribution < -0.4 is 9.47 Å². The molecule has 0 N–H and O–H groups in total. The second-order valence-corrected chi connectivity index (χ2v) is 21.1. The largest absolute Gasteiger partial charge is 0.476 e. The summed E-state index contributed by atoms with van der Waals surface area (Å²) in [4.78, 5) is 29.5. The number of rotatable bonds is 0. The van der Waals surface area contributed by atoms with Crippen LogP contribution in [0.2, 0.25) is 0 Å². The summed E-state index contributed by atoms with van der Waals surface area (Å²) in [5, 5.41) is 0. The second-order valence-electron chi connectivity index (χ2n) is 19.2. The Bertz CT molecular complexity index is 1870. The molecule has 2 aromatic rings. The van der Waals surface area contributed by atoms with E-state index in [0.717, 1.165) is 44.5 Å². The Kier molecular flexibility index (Phi) is 7.79. The summed E-state index contributed by atoms with van der Waals surface area (Å²) in [5.41, 5.74) is 6.00. The van der Waals surface area contributed by atoms with Crippen molar-refractivity contribution in [3.8, 4) is 11.5 Å². The Morgan fingerprint density at radius 1 is 0.540 bits per heavy atom. The molecule has 2 aliphatic carbocycles. The van der Waals surface area contributed by atoms with Crippen LogP contribution in [0.25, 0.3) is 12.2 Å². The van der Waals surface area contributed by atoms with Gasteiger partial charge < -0.3 is 9.47 Å². The fraction of sp³-hybridized carbons (Fsp3) is 0.500. The summed E-state index contributed by atoms with van der Waals surface area (Å²) in [6.45, 7) is 26.3. The molecule has 4 nitrogen and oxygen atoms in total. The van der Waals surface area contributed by atoms with Crippen LogP contribution in [0.15, 0.2) is 58.7 Å². The molecule has 264 valence electrons. The molecule has 0 saturated carbocycles. The quantitative estimate of drug-likeness (QED) is 0.249. The molecule has 0 radical (unpaired) electrons. The van der Waals surface area contributed by atoms with Gasteiger partial charge in [0.1, 0.15) is 11.5 Å². The number of alkyl halides is 2. The summed E-state index contributed by atoms with van der Waals surface area (Å²) in [7, 11) is 0. The van der Waals surface area contributed by atoms with Crippen LogP contribution in [-0.2, 0) is 33.3 Å². The third-order valence-corrected chi connectivity index (χ3v) is 13.7. The Morgan fingerprint density at radius 3 is 1.18 bits per heavy atom. The van der Waals surface area contributed by atoms with Crippen molar-refractivity contribution in [1.82, 2.24) is 0 Å². The molecule has 6 heteroatoms. The van der Waals surface area contributed by atoms with Gasteiger partial charge >= 0.3 is 0 Å². The predicted octanol–water partition coefficient (Wildman–Crippen LogP) is 10.7. The minimum atomic E-state index is -1.20. The third-order valence-electron chi connectivity index (χ3n) is 11.2. The van der Waals surface area contributed by atoms with E-state index in [2.05, 4.69) is 151 Å². The highest BCUT2D eigenvalue weighted by atomic mass is 79.9. The van der Waals surface area contributed by atoms with E-state index < -0.39 is 11.2 Å². The van der Waals surface area contributed by atoms with E-state index in [9.17, 15) is 0 Å². The molecule has 0 saturated heterocycles. The van der Waals surface area contributed by atoms with Crippen molar-refractivity contribution in [2.45, 2.75) is 128 Å². The molecule has 4 atom stereocenters. The SMILES string of the molecule is CC(C)(C)C1=CC2=Cc3cc(C(C)(C)C)cc4c3OC3(C4)C(=O)C(=Cc4cc(C(C)(C)C)cc5c4O[C@](C5)(C2=O)[C@@H]1Br)C=C(C(C)(C)C)[C@@H]3Br. The minimum absolute atomic E-state index is 0.0521. The molecular weight excluding hydrogens is 752 g/mol. The van der Waals surface area contributed by atoms with E-state index in [1.54, 1.807) is 0 Å². The normalized spacial score (nSPS) is 27.5. The smallest absolute Gasteiger partial charge is 0.208 e. The lowest BCUT2D eigenvalue weighted by atomic mass is 9.70. The summed E-state index contributed by atoms with van der Waals surface area (Å²) < 4.78 is 14.2. The zero-order valence-corrected chi connectivity index (χ0v) is 34.7. The monoisotopic (exact) mass is 800 g/mol. The average molecular weight is 803 g/mol. The van der Waals surface area contributed by atoms with Gasteiger partial charge in [-0.3, -0.25) is 9.59 Å². The van der Waals surface area contributed by atoms with E-state index in [-0.39, 0.29) is 42.9 Å². The lowest BCUT2D eigenvalue weighted by Gasteiger charge is -2.42. The Hall–Kier alpha value is -2.70. The fourth-order valence-corrected chi connectivity index (χ4v) is 10.7. The van der Waals surface area contributed by atoms with Gasteiger partial charge in [0, 0.05) is 35.1 Å². The molecule has 7 rings (SSSR count). The number of allylic oxidation sites excluding steroid dienone is 2. The number of Topliss-reactive ketones (excluding diaryl/α,β-unsaturated/α-hetero) is 2. The fourth-order valence-electron chi connectivity index (χ4n) is 8.13. The third kappa shape index (κ3) is 5.32. The number of halogens is 2. The molecule has 2 aromatic carbocycles. The minimum Gasteiger partial charge on any atom is -0.476 e. The number of fused-ring (bicyclic) bond motifs is 2. The molecule has 3 aliphatic heterocycles. The standard InChI is InChI=1S/C44H50Br2O4/c1-39(2,3)29-15-23-13-25-19-31(41(7,8)9)36(46)44(37(25)47)22-28-18-30(40(4,5)6)16-24(34(28)50-44)14-26-20-32(42(10,11)12)35(45)43(38(26)48)21-27(17-29)33(23)49-43/h13-20,35-36H,21-22H2,1-12H3/t35-,36+,43+,44?/m1/s1. The van der Waals surface area contributed by atoms with Gasteiger partial charge in [-0.25, -0.2) is 0 Å². The van der Waals surface area contributed by atoms with Crippen molar-refractivity contribution in [2.75, 3.05) is 0 Å². The Labute approximate surface area is 315 Å². The number of ketones is 2. The van der Waals surface area contributed by atoms with Gasteiger partial charge in [0.2, 0.25) is 11.6 Å². The first-order valence-electron chi connectivity index (χ1n) is 17.8. The van der Waals surface area contributed by atoms with E-state index in [4.69, 9.17) is 9.47 Å². The summed E-state index contributed by atoms with van der Waals surface area (Å²) in [6.07, 6.45) is 8.95. The van der Waals surface area contributed by atoms with Crippen molar-refractivity contribution in [2.24, 2.45) is 10.8 Å². The van der Waals surface area contributed by atoms with Crippen LogP contribution in [-0.4, -0.2) is 32.4 Å². The topological polar surface area (TPSA) is 52.6 Å². The molecule has 50 heavy (non-hydrogen) atoms. The maximum Gasteiger partial charge on any atom is 0.208 e. The van der Waals surface area contributed by atoms with Gasteiger partial charge in [0.15, 0.2) is 11.2 Å². The lowest BCUT2D eigenvalue weighted by molar-refractivity contribution is -0.129. The molecule has 2 spiro atoms. The lowest BCUT2D eigenvalue weighted by Crippen LogP contribution is -2.56. The number of carbonyl (C=O) groups is 2. The van der Waals surface area contributed by atoms with Gasteiger partial charge in [-0.15, -0.1) is 0 Å². The molecule has 1 unspecified atom stereocenters. The Morgan fingerprint density at radius 2 is 0.880 bits per heavy atom. The van der Waals surface area contributed by atoms with Gasteiger partial charge in [-0.1, -0.05) is 139 Å². The van der Waals surface area contributed by atoms with E-state index >= 15 is 9.59 Å². The summed E-state index contributed by atoms with van der Waals surface area (Å²) >= 11 is 8.08. The highest BCUT2D eigenvalue weighted by Crippen LogP contribution is 2.55. The van der Waals surface area contributed by atoms with Crippen molar-refractivity contribution in [3.63, 3.8) is 0 Å². The van der Waals surface area contributed by atoms with Crippen LogP contribution in [0, 0.1) is 10.8 Å². The first kappa shape index (κ1) is 35.7. The molecule has 6 bridgehead atoms. The van der Waals surface area contributed by atoms with Crippen molar-refractivity contribution in [3.05, 3.63) is 92.1 Å². The van der Waals surface area contributed by atoms with Crippen LogP contribution in [0.3, 0.4) is 0 Å². The first-order chi connectivity index (χ1) is 22.9. The molecule has 5 aliphatic rings. The van der Waals surface area contributed by atoms with E-state index in [0.29, 0.717) is 35.5 Å². The van der Waals surface area contributed by atoms with Crippen LogP contribution in [0.4, 0.5) is 0 Å². The number of ether oxygens (including phenoxy) is 2. The Balaban J connectivity index is 1.62. The zero-order chi connectivity index (χ0) is 36.7. The highest BCUT2D eigenvalue weighted by molar-refractivity contribution is 9.10. The maximum absolute atomic E-state index is 15.1. The van der Waals surface area contributed by atoms with Gasteiger partial charge in [-0.05, 0) is 79.3 Å². The number of carbonyl (C=O) groups excluding carboxylic acids is 2. The van der Waals surface area contributed by atoms with Gasteiger partial charge in [0.05, 0.1) is 9.65 Å². The first-order valence-corrected chi connectivity index (χ1v) is 19.7. The molecule has 0 fully saturated rings. The van der Waals surface area contributed by atoms with Gasteiger partial charge in [0.25, 0.3) is 0 Å². The number of hydrogen-bond donors (Lipinski definition) is 0. The molecule has 3 heterocycles. The molecule has 0 amide bonds. The number of hydrogen-bond acceptors (Lipinski definition) is 4. The summed E-state index contributed by atoms with van der Waals surface area (Å²) in [6, 6.07) is 8.70.